The molecule has 0 saturated heterocycles. The van der Waals surface area contributed by atoms with Gasteiger partial charge in [-0.1, -0.05) is 46.7 Å². The third kappa shape index (κ3) is 7.70. The summed E-state index contributed by atoms with van der Waals surface area (Å²) in [6.07, 6.45) is 1.22. The average Bonchev–Trinajstić information content (AvgIpc) is 2.60. The van der Waals surface area contributed by atoms with Crippen molar-refractivity contribution in [2.45, 2.75) is 26.7 Å². The Kier molecular flexibility index (Phi) is 9.31. The van der Waals surface area contributed by atoms with Gasteiger partial charge in [0, 0.05) is 12.8 Å². The number of rotatable bonds is 6. The normalized spacial score (nSPS) is 11.4. The van der Waals surface area contributed by atoms with E-state index in [0.717, 1.165) is 22.6 Å². The molecular weight excluding hydrogens is 332 g/mol. The summed E-state index contributed by atoms with van der Waals surface area (Å²) in [6.45, 7) is 3.71. The summed E-state index contributed by atoms with van der Waals surface area (Å²) in [5.41, 5.74) is 3.40. The van der Waals surface area contributed by atoms with E-state index in [4.69, 9.17) is 0 Å². The predicted molar refractivity (Wildman–Crippen MR) is 104 cm³/mol. The van der Waals surface area contributed by atoms with Gasteiger partial charge in [-0.3, -0.25) is 0 Å². The Labute approximate surface area is 154 Å². The van der Waals surface area contributed by atoms with Crippen LogP contribution in [0.1, 0.15) is 25.0 Å². The molecule has 0 aliphatic heterocycles. The number of benzene rings is 2. The van der Waals surface area contributed by atoms with Gasteiger partial charge in [0.25, 0.3) is 0 Å². The van der Waals surface area contributed by atoms with Crippen molar-refractivity contribution < 1.29 is 19.9 Å². The summed E-state index contributed by atoms with van der Waals surface area (Å²) < 4.78 is 0. The molecule has 0 spiro atoms. The van der Waals surface area contributed by atoms with E-state index in [9.17, 15) is 10.2 Å². The maximum Gasteiger partial charge on any atom is 0.119 e. The fraction of sp³-hybridized carbons (Fsp3) is 0.300. The molecule has 140 valence electrons. The van der Waals surface area contributed by atoms with E-state index in [0.29, 0.717) is 24.3 Å². The van der Waals surface area contributed by atoms with Crippen LogP contribution in [0, 0.1) is 0 Å². The van der Waals surface area contributed by atoms with Crippen LogP contribution in [0.15, 0.2) is 58.8 Å². The molecule has 0 aromatic heterocycles. The van der Waals surface area contributed by atoms with Crippen LogP contribution in [-0.2, 0) is 22.5 Å². The average molecular weight is 358 g/mol. The second-order valence-corrected chi connectivity index (χ2v) is 5.63. The minimum absolute atomic E-state index is 0.299. The van der Waals surface area contributed by atoms with Gasteiger partial charge in [0.2, 0.25) is 0 Å². The molecule has 0 unspecified atom stereocenters. The Balaban J connectivity index is 0.000000260. The van der Waals surface area contributed by atoms with Gasteiger partial charge in [0.1, 0.15) is 25.7 Å². The van der Waals surface area contributed by atoms with Crippen molar-refractivity contribution in [2.75, 3.05) is 14.2 Å². The number of para-hydroxylation sites is 2. The summed E-state index contributed by atoms with van der Waals surface area (Å²) in [4.78, 5) is 9.24. The van der Waals surface area contributed by atoms with Gasteiger partial charge in [0.15, 0.2) is 0 Å². The van der Waals surface area contributed by atoms with E-state index >= 15 is 0 Å². The van der Waals surface area contributed by atoms with Crippen LogP contribution >= 0.6 is 0 Å². The van der Waals surface area contributed by atoms with Crippen molar-refractivity contribution in [1.82, 2.24) is 0 Å². The summed E-state index contributed by atoms with van der Waals surface area (Å²) in [6, 6.07) is 14.4. The van der Waals surface area contributed by atoms with Crippen LogP contribution in [0.25, 0.3) is 0 Å². The second-order valence-electron chi connectivity index (χ2n) is 5.63. The molecule has 0 fully saturated rings. The minimum Gasteiger partial charge on any atom is -0.508 e. The first-order chi connectivity index (χ1) is 12.5. The lowest BCUT2D eigenvalue weighted by atomic mass is 10.1. The third-order valence-electron chi connectivity index (χ3n) is 3.37. The first kappa shape index (κ1) is 21.0. The molecule has 6 heteroatoms. The number of phenolic OH excluding ortho intramolecular Hbond substituents is 2. The summed E-state index contributed by atoms with van der Waals surface area (Å²) in [5.74, 6) is 0.598. The molecule has 0 aliphatic carbocycles. The van der Waals surface area contributed by atoms with Crippen molar-refractivity contribution >= 4 is 11.4 Å². The maximum absolute atomic E-state index is 9.43. The highest BCUT2D eigenvalue weighted by atomic mass is 16.6. The van der Waals surface area contributed by atoms with E-state index in [1.807, 2.05) is 38.1 Å². The first-order valence-corrected chi connectivity index (χ1v) is 8.14. The molecule has 0 saturated carbocycles. The van der Waals surface area contributed by atoms with Gasteiger partial charge < -0.3 is 19.9 Å². The van der Waals surface area contributed by atoms with Crippen LogP contribution < -0.4 is 0 Å². The number of hydrogen-bond donors (Lipinski definition) is 2. The molecule has 0 aliphatic rings. The zero-order chi connectivity index (χ0) is 19.4. The topological polar surface area (TPSA) is 83.6 Å². The molecule has 6 nitrogen and oxygen atoms in total. The predicted octanol–water partition coefficient (Wildman–Crippen LogP) is 3.91. The lowest BCUT2D eigenvalue weighted by molar-refractivity contribution is 0.212. The monoisotopic (exact) mass is 358 g/mol. The summed E-state index contributed by atoms with van der Waals surface area (Å²) in [5, 5.41) is 26.4. The van der Waals surface area contributed by atoms with Gasteiger partial charge in [-0.25, -0.2) is 0 Å². The molecule has 0 heterocycles. The molecule has 0 atom stereocenters. The molecule has 2 rings (SSSR count). The minimum atomic E-state index is 0.299. The lowest BCUT2D eigenvalue weighted by Gasteiger charge is -2.02. The van der Waals surface area contributed by atoms with Gasteiger partial charge in [0.05, 0.1) is 11.4 Å². The molecule has 26 heavy (non-hydrogen) atoms. The molecule has 2 N–H and O–H groups in total. The highest BCUT2D eigenvalue weighted by Crippen LogP contribution is 2.17. The summed E-state index contributed by atoms with van der Waals surface area (Å²) in [7, 11) is 3.02. The number of phenols is 2. The Bertz CT molecular complexity index is 679. The number of oxime groups is 2. The Morgan fingerprint density at radius 3 is 1.38 bits per heavy atom. The molecule has 2 aromatic rings. The molecule has 0 amide bonds. The highest BCUT2D eigenvalue weighted by Gasteiger charge is 2.02. The Hall–Kier alpha value is -3.02. The molecular formula is C20H26N2O4. The van der Waals surface area contributed by atoms with E-state index in [-0.39, 0.29) is 0 Å². The Morgan fingerprint density at radius 1 is 0.731 bits per heavy atom. The SMILES string of the molecule is CO/N=C(\C)Cc1ccccc1O.CO/N=C(\C)Cc1ccccc1O. The van der Waals surface area contributed by atoms with Crippen LogP contribution in [0.3, 0.4) is 0 Å². The standard InChI is InChI=1S/2C10H13NO2/c2*1-8(11-13-2)7-9-5-3-4-6-10(9)12/h2*3-6,12H,7H2,1-2H3/b2*11-8+. The van der Waals surface area contributed by atoms with Crippen molar-refractivity contribution in [2.24, 2.45) is 10.3 Å². The second kappa shape index (κ2) is 11.5. The maximum atomic E-state index is 9.43. The quantitative estimate of drug-likeness (QED) is 0.606. The molecule has 2 aromatic carbocycles. The lowest BCUT2D eigenvalue weighted by Crippen LogP contribution is -1.98. The van der Waals surface area contributed by atoms with Crippen LogP contribution in [0.5, 0.6) is 11.5 Å². The van der Waals surface area contributed by atoms with Gasteiger partial charge in [-0.2, -0.15) is 0 Å². The number of hydrogen-bond acceptors (Lipinski definition) is 6. The van der Waals surface area contributed by atoms with Crippen molar-refractivity contribution in [1.29, 1.82) is 0 Å². The van der Waals surface area contributed by atoms with Crippen LogP contribution in [0.2, 0.25) is 0 Å². The van der Waals surface area contributed by atoms with Crippen LogP contribution in [0.4, 0.5) is 0 Å². The zero-order valence-electron chi connectivity index (χ0n) is 15.6. The van der Waals surface area contributed by atoms with Gasteiger partial charge in [-0.15, -0.1) is 0 Å². The number of aromatic hydroxyl groups is 2. The Morgan fingerprint density at radius 2 is 1.08 bits per heavy atom. The zero-order valence-corrected chi connectivity index (χ0v) is 15.6. The highest BCUT2D eigenvalue weighted by molar-refractivity contribution is 5.84. The van der Waals surface area contributed by atoms with Crippen molar-refractivity contribution in [3.8, 4) is 11.5 Å². The van der Waals surface area contributed by atoms with Gasteiger partial charge >= 0.3 is 0 Å². The van der Waals surface area contributed by atoms with Crippen molar-refractivity contribution in [3.63, 3.8) is 0 Å². The smallest absolute Gasteiger partial charge is 0.119 e. The third-order valence-corrected chi connectivity index (χ3v) is 3.37. The van der Waals surface area contributed by atoms with E-state index in [1.54, 1.807) is 24.3 Å². The first-order valence-electron chi connectivity index (χ1n) is 8.14. The molecule has 0 bridgehead atoms. The fourth-order valence-corrected chi connectivity index (χ4v) is 2.25. The number of nitrogens with zero attached hydrogens (tertiary/aromatic N) is 2. The van der Waals surface area contributed by atoms with Crippen molar-refractivity contribution in [3.05, 3.63) is 59.7 Å². The van der Waals surface area contributed by atoms with Crippen LogP contribution in [-0.4, -0.2) is 35.9 Å². The van der Waals surface area contributed by atoms with E-state index in [1.165, 1.54) is 14.2 Å². The summed E-state index contributed by atoms with van der Waals surface area (Å²) >= 11 is 0. The molecule has 0 radical (unpaired) electrons. The van der Waals surface area contributed by atoms with E-state index < -0.39 is 0 Å². The fourth-order valence-electron chi connectivity index (χ4n) is 2.25. The van der Waals surface area contributed by atoms with Gasteiger partial charge in [-0.05, 0) is 37.1 Å². The van der Waals surface area contributed by atoms with E-state index in [2.05, 4.69) is 20.0 Å². The largest absolute Gasteiger partial charge is 0.508 e.